The largest absolute Gasteiger partial charge is 0.416 e. The molecule has 0 radical (unpaired) electrons. The molecule has 0 bridgehead atoms. The monoisotopic (exact) mass is 314 g/mol. The summed E-state index contributed by atoms with van der Waals surface area (Å²) in [6.07, 6.45) is -3.33. The van der Waals surface area contributed by atoms with E-state index in [2.05, 4.69) is 15.6 Å². The topological polar surface area (TPSA) is 39.7 Å². The van der Waals surface area contributed by atoms with Crippen molar-refractivity contribution in [3.63, 3.8) is 0 Å². The number of nitrogens with one attached hydrogen (secondary N) is 2. The van der Waals surface area contributed by atoms with Crippen molar-refractivity contribution < 1.29 is 13.2 Å². The molecule has 1 aliphatic rings. The van der Waals surface area contributed by atoms with Gasteiger partial charge in [0, 0.05) is 19.6 Å². The van der Waals surface area contributed by atoms with Crippen LogP contribution in [0, 0.1) is 0 Å². The maximum Gasteiger partial charge on any atom is 0.416 e. The minimum atomic E-state index is -4.32. The fourth-order valence-electron chi connectivity index (χ4n) is 2.37. The molecule has 2 N–H and O–H groups in total. The lowest BCUT2D eigenvalue weighted by Crippen LogP contribution is -2.44. The van der Waals surface area contributed by atoms with Gasteiger partial charge in [-0.2, -0.15) is 13.2 Å². The fraction of sp³-hybridized carbons (Fsp3) is 0.533. The van der Waals surface area contributed by atoms with E-state index in [9.17, 15) is 13.2 Å². The molecule has 1 aliphatic heterocycles. The number of aliphatic imine (C=N–C) groups is 1. The SMILES string of the molecule is CN(C)[C@H](CNC1=NCCCN1)c1cccc(C(F)(F)F)c1. The first-order valence-electron chi connectivity index (χ1n) is 7.23. The number of nitrogens with zero attached hydrogens (tertiary/aromatic N) is 2. The molecule has 1 atom stereocenters. The van der Waals surface area contributed by atoms with Gasteiger partial charge in [-0.05, 0) is 38.2 Å². The molecule has 0 amide bonds. The quantitative estimate of drug-likeness (QED) is 0.895. The predicted octanol–water partition coefficient (Wildman–Crippen LogP) is 2.25. The Kier molecular flexibility index (Phi) is 5.28. The summed E-state index contributed by atoms with van der Waals surface area (Å²) in [5.41, 5.74) is 0.00807. The van der Waals surface area contributed by atoms with Crippen molar-refractivity contribution >= 4 is 5.96 Å². The second-order valence-corrected chi connectivity index (χ2v) is 5.49. The van der Waals surface area contributed by atoms with Gasteiger partial charge >= 0.3 is 6.18 Å². The zero-order valence-corrected chi connectivity index (χ0v) is 12.7. The lowest BCUT2D eigenvalue weighted by molar-refractivity contribution is -0.137. The van der Waals surface area contributed by atoms with E-state index in [0.29, 0.717) is 18.1 Å². The van der Waals surface area contributed by atoms with Gasteiger partial charge < -0.3 is 15.5 Å². The summed E-state index contributed by atoms with van der Waals surface area (Å²) in [5, 5.41) is 6.32. The summed E-state index contributed by atoms with van der Waals surface area (Å²) in [4.78, 5) is 6.20. The van der Waals surface area contributed by atoms with Crippen LogP contribution in [0.5, 0.6) is 0 Å². The van der Waals surface area contributed by atoms with Gasteiger partial charge in [0.15, 0.2) is 5.96 Å². The number of hydrogen-bond donors (Lipinski definition) is 2. The van der Waals surface area contributed by atoms with E-state index in [1.807, 2.05) is 19.0 Å². The number of likely N-dealkylation sites (N-methyl/N-ethyl adjacent to an activating group) is 1. The zero-order valence-electron chi connectivity index (χ0n) is 12.7. The molecule has 4 nitrogen and oxygen atoms in total. The van der Waals surface area contributed by atoms with Gasteiger partial charge in [0.1, 0.15) is 0 Å². The van der Waals surface area contributed by atoms with Gasteiger partial charge in [0.05, 0.1) is 11.6 Å². The summed E-state index contributed by atoms with van der Waals surface area (Å²) < 4.78 is 38.6. The first kappa shape index (κ1) is 16.6. The Bertz CT molecular complexity index is 526. The third-order valence-electron chi connectivity index (χ3n) is 3.58. The highest BCUT2D eigenvalue weighted by Crippen LogP contribution is 2.31. The summed E-state index contributed by atoms with van der Waals surface area (Å²) in [6, 6.07) is 5.30. The highest BCUT2D eigenvalue weighted by molar-refractivity contribution is 5.80. The number of benzene rings is 1. The Morgan fingerprint density at radius 3 is 2.73 bits per heavy atom. The molecule has 0 spiro atoms. The molecule has 1 heterocycles. The standard InChI is InChI=1S/C15H21F3N4/c1-22(2)13(10-21-14-19-7-4-8-20-14)11-5-3-6-12(9-11)15(16,17)18/h3,5-6,9,13H,4,7-8,10H2,1-2H3,(H2,19,20,21)/t13-/m1/s1. The minimum Gasteiger partial charge on any atom is -0.356 e. The smallest absolute Gasteiger partial charge is 0.356 e. The van der Waals surface area contributed by atoms with Crippen molar-refractivity contribution in [1.29, 1.82) is 0 Å². The van der Waals surface area contributed by atoms with Gasteiger partial charge in [-0.1, -0.05) is 12.1 Å². The summed E-state index contributed by atoms with van der Waals surface area (Å²) in [7, 11) is 3.70. The van der Waals surface area contributed by atoms with E-state index < -0.39 is 11.7 Å². The molecular weight excluding hydrogens is 293 g/mol. The molecule has 0 saturated heterocycles. The van der Waals surface area contributed by atoms with Gasteiger partial charge in [-0.15, -0.1) is 0 Å². The second kappa shape index (κ2) is 7.00. The van der Waals surface area contributed by atoms with Crippen molar-refractivity contribution in [2.75, 3.05) is 33.7 Å². The lowest BCUT2D eigenvalue weighted by Gasteiger charge is -2.27. The molecule has 0 unspecified atom stereocenters. The highest BCUT2D eigenvalue weighted by Gasteiger charge is 2.31. The number of hydrogen-bond acceptors (Lipinski definition) is 4. The highest BCUT2D eigenvalue weighted by atomic mass is 19.4. The molecule has 0 aromatic heterocycles. The van der Waals surface area contributed by atoms with Crippen LogP contribution in [0.15, 0.2) is 29.3 Å². The van der Waals surface area contributed by atoms with Crippen LogP contribution >= 0.6 is 0 Å². The predicted molar refractivity (Wildman–Crippen MR) is 80.8 cm³/mol. The third kappa shape index (κ3) is 4.37. The van der Waals surface area contributed by atoms with E-state index in [1.165, 1.54) is 12.1 Å². The maximum absolute atomic E-state index is 12.9. The number of guanidine groups is 1. The van der Waals surface area contributed by atoms with E-state index in [-0.39, 0.29) is 6.04 Å². The maximum atomic E-state index is 12.9. The van der Waals surface area contributed by atoms with Gasteiger partial charge in [0.2, 0.25) is 0 Å². The van der Waals surface area contributed by atoms with Crippen molar-refractivity contribution in [3.05, 3.63) is 35.4 Å². The van der Waals surface area contributed by atoms with Crippen molar-refractivity contribution in [3.8, 4) is 0 Å². The van der Waals surface area contributed by atoms with Crippen molar-refractivity contribution in [1.82, 2.24) is 15.5 Å². The Hall–Kier alpha value is -1.76. The van der Waals surface area contributed by atoms with E-state index >= 15 is 0 Å². The van der Waals surface area contributed by atoms with Crippen LogP contribution in [0.1, 0.15) is 23.6 Å². The average molecular weight is 314 g/mol. The first-order valence-corrected chi connectivity index (χ1v) is 7.23. The molecular formula is C15H21F3N4. The zero-order chi connectivity index (χ0) is 16.2. The summed E-state index contributed by atoms with van der Waals surface area (Å²) >= 11 is 0. The van der Waals surface area contributed by atoms with Crippen LogP contribution in [-0.4, -0.2) is 44.6 Å². The Morgan fingerprint density at radius 2 is 2.14 bits per heavy atom. The number of rotatable bonds is 4. The van der Waals surface area contributed by atoms with Crippen LogP contribution in [0.3, 0.4) is 0 Å². The lowest BCUT2D eigenvalue weighted by atomic mass is 10.0. The molecule has 0 aliphatic carbocycles. The fourth-order valence-corrected chi connectivity index (χ4v) is 2.37. The van der Waals surface area contributed by atoms with Crippen LogP contribution in [0.2, 0.25) is 0 Å². The number of halogens is 3. The van der Waals surface area contributed by atoms with Crippen LogP contribution in [0.4, 0.5) is 13.2 Å². The molecule has 0 fully saturated rings. The van der Waals surface area contributed by atoms with Crippen LogP contribution in [0.25, 0.3) is 0 Å². The van der Waals surface area contributed by atoms with Crippen molar-refractivity contribution in [2.24, 2.45) is 4.99 Å². The average Bonchev–Trinajstić information content (AvgIpc) is 2.48. The molecule has 1 aromatic rings. The Balaban J connectivity index is 2.12. The Labute approximate surface area is 128 Å². The molecule has 22 heavy (non-hydrogen) atoms. The van der Waals surface area contributed by atoms with Gasteiger partial charge in [0.25, 0.3) is 0 Å². The summed E-state index contributed by atoms with van der Waals surface area (Å²) in [5.74, 6) is 0.713. The summed E-state index contributed by atoms with van der Waals surface area (Å²) in [6.45, 7) is 2.12. The normalized spacial score (nSPS) is 16.9. The first-order chi connectivity index (χ1) is 10.4. The molecule has 2 rings (SSSR count). The van der Waals surface area contributed by atoms with E-state index in [0.717, 1.165) is 25.6 Å². The van der Waals surface area contributed by atoms with E-state index in [4.69, 9.17) is 0 Å². The molecule has 1 aromatic carbocycles. The van der Waals surface area contributed by atoms with Crippen LogP contribution < -0.4 is 10.6 Å². The minimum absolute atomic E-state index is 0.172. The molecule has 122 valence electrons. The van der Waals surface area contributed by atoms with Gasteiger partial charge in [-0.3, -0.25) is 4.99 Å². The third-order valence-corrected chi connectivity index (χ3v) is 3.58. The van der Waals surface area contributed by atoms with Gasteiger partial charge in [-0.25, -0.2) is 0 Å². The molecule has 7 heteroatoms. The molecule has 0 saturated carbocycles. The number of alkyl halides is 3. The van der Waals surface area contributed by atoms with Crippen LogP contribution in [-0.2, 0) is 6.18 Å². The van der Waals surface area contributed by atoms with Crippen molar-refractivity contribution in [2.45, 2.75) is 18.6 Å². The second-order valence-electron chi connectivity index (χ2n) is 5.49. The van der Waals surface area contributed by atoms with E-state index in [1.54, 1.807) is 6.07 Å². The Morgan fingerprint density at radius 1 is 1.36 bits per heavy atom.